The van der Waals surface area contributed by atoms with E-state index in [-0.39, 0.29) is 48.5 Å². The van der Waals surface area contributed by atoms with E-state index < -0.39 is 0 Å². The molecule has 10 heavy (non-hydrogen) atoms. The Morgan fingerprint density at radius 2 is 1.10 bits per heavy atom. The second-order valence-corrected chi connectivity index (χ2v) is 0.707. The van der Waals surface area contributed by atoms with Gasteiger partial charge in [-0.05, 0) is 0 Å². The van der Waals surface area contributed by atoms with Crippen LogP contribution in [0, 0.1) is 19.3 Å². The summed E-state index contributed by atoms with van der Waals surface area (Å²) in [6.07, 6.45) is 1.25. The summed E-state index contributed by atoms with van der Waals surface area (Å²) in [5, 5.41) is 6.25. The zero-order chi connectivity index (χ0) is 6.71. The molecule has 0 spiro atoms. The van der Waals surface area contributed by atoms with E-state index in [2.05, 4.69) is 13.8 Å². The third-order valence-electron chi connectivity index (χ3n) is 0. The van der Waals surface area contributed by atoms with Crippen molar-refractivity contribution in [3.8, 4) is 0 Å². The van der Waals surface area contributed by atoms with Gasteiger partial charge in [-0.1, -0.05) is 34.1 Å². The van der Waals surface area contributed by atoms with E-state index in [1.807, 2.05) is 13.8 Å². The maximum atomic E-state index is 6.25. The molecule has 0 unspecified atom stereocenters. The molecule has 0 N–H and O–H groups in total. The minimum absolute atomic E-state index is 0. The topological polar surface area (TPSA) is 23.8 Å². The van der Waals surface area contributed by atoms with E-state index in [1.165, 1.54) is 6.42 Å². The molecule has 0 saturated carbocycles. The van der Waals surface area contributed by atoms with Crippen LogP contribution in [0.2, 0.25) is 0 Å². The average molecular weight is 215 g/mol. The Bertz CT molecular complexity index is 24.8. The van der Waals surface area contributed by atoms with Gasteiger partial charge in [0.05, 0.1) is 0 Å². The molecular formula is C7H17BNY-2. The Labute approximate surface area is 94.0 Å². The molecule has 0 aliphatic carbocycles. The maximum Gasteiger partial charge on any atom is 0 e. The van der Waals surface area contributed by atoms with Crippen molar-refractivity contribution in [1.82, 2.24) is 0 Å². The molecule has 0 fully saturated rings. The van der Waals surface area contributed by atoms with Crippen LogP contribution in [-0.4, -0.2) is 8.41 Å². The van der Waals surface area contributed by atoms with Crippen LogP contribution in [0.15, 0.2) is 0 Å². The summed E-state index contributed by atoms with van der Waals surface area (Å²) in [4.78, 5) is 0. The van der Waals surface area contributed by atoms with Crippen LogP contribution in [0.1, 0.15) is 34.1 Å². The fourth-order valence-corrected chi connectivity index (χ4v) is 0. The SMILES string of the molecule is CC.CCC.[B].[C-]#N.[CH3-].[Y]. The summed E-state index contributed by atoms with van der Waals surface area (Å²) in [5.41, 5.74) is 0. The first-order valence-electron chi connectivity index (χ1n) is 2.64. The van der Waals surface area contributed by atoms with Crippen molar-refractivity contribution in [1.29, 1.82) is 5.26 Å². The Kier molecular flexibility index (Phi) is 1210. The normalized spacial score (nSPS) is 2.60. The summed E-state index contributed by atoms with van der Waals surface area (Å²) in [6, 6.07) is 0. The van der Waals surface area contributed by atoms with Gasteiger partial charge in [0.25, 0.3) is 0 Å². The largest absolute Gasteiger partial charge is 0.512 e. The van der Waals surface area contributed by atoms with Gasteiger partial charge in [0.15, 0.2) is 0 Å². The molecule has 0 aromatic heterocycles. The molecule has 0 saturated heterocycles. The van der Waals surface area contributed by atoms with Gasteiger partial charge in [0.1, 0.15) is 0 Å². The quantitative estimate of drug-likeness (QED) is 0.450. The molecule has 0 atom stereocenters. The molecule has 0 bridgehead atoms. The summed E-state index contributed by atoms with van der Waals surface area (Å²) < 4.78 is 0. The van der Waals surface area contributed by atoms with E-state index in [1.54, 1.807) is 0 Å². The standard InChI is InChI=1S/C3H8.C2H6.CN.CH3.B.Y/c1-3-2;2*1-2;;;/h3H2,1-2H3;1-2H3;;1H3;;/q;;2*-1;;. The molecule has 4 radical (unpaired) electrons. The van der Waals surface area contributed by atoms with Crippen LogP contribution in [0.4, 0.5) is 0 Å². The predicted octanol–water partition coefficient (Wildman–Crippen LogP) is 2.61. The van der Waals surface area contributed by atoms with E-state index >= 15 is 0 Å². The fourth-order valence-electron chi connectivity index (χ4n) is 0. The van der Waals surface area contributed by atoms with Gasteiger partial charge in [0, 0.05) is 41.1 Å². The third kappa shape index (κ3) is 1170. The van der Waals surface area contributed by atoms with E-state index in [4.69, 9.17) is 11.8 Å². The maximum absolute atomic E-state index is 6.25. The first-order chi connectivity index (χ1) is 3.41. The molecule has 3 heteroatoms. The van der Waals surface area contributed by atoms with Crippen molar-refractivity contribution in [3.05, 3.63) is 14.0 Å². The Morgan fingerprint density at radius 3 is 1.10 bits per heavy atom. The van der Waals surface area contributed by atoms with Gasteiger partial charge < -0.3 is 19.3 Å². The van der Waals surface area contributed by atoms with Crippen LogP contribution in [-0.2, 0) is 32.7 Å². The molecule has 58 valence electrons. The first kappa shape index (κ1) is 45.8. The number of rotatable bonds is 0. The van der Waals surface area contributed by atoms with E-state index in [9.17, 15) is 0 Å². The molecule has 0 amide bonds. The van der Waals surface area contributed by atoms with Crippen molar-refractivity contribution in [3.63, 3.8) is 0 Å². The van der Waals surface area contributed by atoms with E-state index in [0.717, 1.165) is 0 Å². The second kappa shape index (κ2) is 263. The number of hydrogen-bond acceptors (Lipinski definition) is 1. The Morgan fingerprint density at radius 1 is 1.10 bits per heavy atom. The van der Waals surface area contributed by atoms with Crippen LogP contribution in [0.5, 0.6) is 0 Å². The van der Waals surface area contributed by atoms with Gasteiger partial charge in [-0.25, -0.2) is 0 Å². The van der Waals surface area contributed by atoms with Crippen LogP contribution < -0.4 is 0 Å². The van der Waals surface area contributed by atoms with Crippen LogP contribution >= 0.6 is 0 Å². The molecule has 0 rings (SSSR count). The zero-order valence-corrected chi connectivity index (χ0v) is 10.6. The minimum atomic E-state index is 0. The van der Waals surface area contributed by atoms with Crippen LogP contribution in [0.25, 0.3) is 0 Å². The molecule has 0 aromatic rings. The minimum Gasteiger partial charge on any atom is -0.512 e. The van der Waals surface area contributed by atoms with E-state index in [0.29, 0.717) is 0 Å². The monoisotopic (exact) mass is 215 g/mol. The van der Waals surface area contributed by atoms with Gasteiger partial charge in [0.2, 0.25) is 0 Å². The number of nitrogens with zero attached hydrogens (tertiary/aromatic N) is 1. The summed E-state index contributed by atoms with van der Waals surface area (Å²) >= 11 is 0. The smallest absolute Gasteiger partial charge is 0 e. The van der Waals surface area contributed by atoms with Crippen molar-refractivity contribution in [2.45, 2.75) is 34.1 Å². The van der Waals surface area contributed by atoms with Gasteiger partial charge in [-0.2, -0.15) is 0 Å². The zero-order valence-electron chi connectivity index (χ0n) is 7.81. The summed E-state index contributed by atoms with van der Waals surface area (Å²) in [5.74, 6) is 0. The number of hydrogen-bond donors (Lipinski definition) is 0. The predicted molar refractivity (Wildman–Crippen MR) is 44.4 cm³/mol. The molecule has 0 aromatic carbocycles. The summed E-state index contributed by atoms with van der Waals surface area (Å²) in [7, 11) is 0. The van der Waals surface area contributed by atoms with Crippen molar-refractivity contribution < 1.29 is 32.7 Å². The molecule has 0 heterocycles. The Hall–Kier alpha value is 0.659. The molecular weight excluding hydrogens is 198 g/mol. The molecule has 0 aliphatic heterocycles. The van der Waals surface area contributed by atoms with Gasteiger partial charge in [-0.3, -0.25) is 0 Å². The van der Waals surface area contributed by atoms with Crippen molar-refractivity contribution >= 4 is 8.41 Å². The fraction of sp³-hybridized carbons (Fsp3) is 0.714. The Balaban J connectivity index is -0.00000000536. The second-order valence-electron chi connectivity index (χ2n) is 0.707. The van der Waals surface area contributed by atoms with Gasteiger partial charge in [-0.15, -0.1) is 0 Å². The van der Waals surface area contributed by atoms with Crippen molar-refractivity contribution in [2.24, 2.45) is 0 Å². The first-order valence-corrected chi connectivity index (χ1v) is 2.64. The molecule has 1 nitrogen and oxygen atoms in total. The van der Waals surface area contributed by atoms with Gasteiger partial charge >= 0.3 is 0 Å². The third-order valence-corrected chi connectivity index (χ3v) is 0. The molecule has 0 aliphatic rings. The summed E-state index contributed by atoms with van der Waals surface area (Å²) in [6.45, 7) is 13.0. The average Bonchev–Trinajstić information content (AvgIpc) is 1.78. The van der Waals surface area contributed by atoms with Crippen LogP contribution in [0.3, 0.4) is 0 Å². The van der Waals surface area contributed by atoms with Crippen molar-refractivity contribution in [2.75, 3.05) is 0 Å².